The third-order valence-electron chi connectivity index (χ3n) is 4.73. The van der Waals surface area contributed by atoms with E-state index in [1.54, 1.807) is 24.0 Å². The number of nitrogens with one attached hydrogen (secondary N) is 1. The van der Waals surface area contributed by atoms with Crippen LogP contribution in [-0.2, 0) is 21.9 Å². The minimum absolute atomic E-state index is 0.129. The number of carbonyl (C=O) groups excluding carboxylic acids is 2. The van der Waals surface area contributed by atoms with E-state index in [-0.39, 0.29) is 29.1 Å². The maximum Gasteiger partial charge on any atom is 0.242 e. The SMILES string of the molecule is CCCCNC(=O)C(C)N(Cc1ccccc1)C(=O)CSCc1c(F)cccc1Cl. The molecule has 30 heavy (non-hydrogen) atoms. The monoisotopic (exact) mass is 450 g/mol. The molecule has 0 heterocycles. The van der Waals surface area contributed by atoms with Crippen LogP contribution < -0.4 is 5.32 Å². The molecule has 0 aromatic heterocycles. The van der Waals surface area contributed by atoms with Gasteiger partial charge in [0.05, 0.1) is 5.75 Å². The van der Waals surface area contributed by atoms with Crippen LogP contribution in [0.4, 0.5) is 4.39 Å². The van der Waals surface area contributed by atoms with Gasteiger partial charge in [-0.3, -0.25) is 9.59 Å². The first kappa shape index (κ1) is 24.2. The van der Waals surface area contributed by atoms with Gasteiger partial charge in [0.15, 0.2) is 0 Å². The Hall–Kier alpha value is -2.05. The molecule has 0 spiro atoms. The van der Waals surface area contributed by atoms with Gasteiger partial charge in [-0.15, -0.1) is 11.8 Å². The van der Waals surface area contributed by atoms with Crippen molar-refractivity contribution in [3.05, 3.63) is 70.5 Å². The lowest BCUT2D eigenvalue weighted by Crippen LogP contribution is -2.48. The topological polar surface area (TPSA) is 49.4 Å². The van der Waals surface area contributed by atoms with E-state index in [4.69, 9.17) is 11.6 Å². The van der Waals surface area contributed by atoms with Crippen molar-refractivity contribution in [3.8, 4) is 0 Å². The summed E-state index contributed by atoms with van der Waals surface area (Å²) in [5, 5.41) is 3.24. The van der Waals surface area contributed by atoms with E-state index in [0.717, 1.165) is 18.4 Å². The number of rotatable bonds is 11. The Morgan fingerprint density at radius 3 is 2.57 bits per heavy atom. The standard InChI is InChI=1S/C23H28ClFN2O2S/c1-3-4-13-26-23(29)17(2)27(14-18-9-6-5-7-10-18)22(28)16-30-15-19-20(24)11-8-12-21(19)25/h5-12,17H,3-4,13-16H2,1-2H3,(H,26,29). The molecule has 1 unspecified atom stereocenters. The zero-order chi connectivity index (χ0) is 21.9. The van der Waals surface area contributed by atoms with E-state index in [0.29, 0.717) is 23.7 Å². The molecule has 2 aromatic carbocycles. The summed E-state index contributed by atoms with van der Waals surface area (Å²) in [5.41, 5.74) is 1.33. The van der Waals surface area contributed by atoms with Crippen molar-refractivity contribution in [2.45, 2.75) is 45.0 Å². The molecule has 0 radical (unpaired) electrons. The number of nitrogens with zero attached hydrogens (tertiary/aromatic N) is 1. The van der Waals surface area contributed by atoms with E-state index in [9.17, 15) is 14.0 Å². The molecule has 162 valence electrons. The average Bonchev–Trinajstić information content (AvgIpc) is 2.74. The summed E-state index contributed by atoms with van der Waals surface area (Å²) in [6.07, 6.45) is 1.88. The lowest BCUT2D eigenvalue weighted by atomic mass is 10.1. The Bertz CT molecular complexity index is 815. The Labute approximate surface area is 187 Å². The molecule has 2 aromatic rings. The maximum atomic E-state index is 14.0. The minimum atomic E-state index is -0.604. The third kappa shape index (κ3) is 7.33. The van der Waals surface area contributed by atoms with Gasteiger partial charge in [-0.25, -0.2) is 4.39 Å². The van der Waals surface area contributed by atoms with E-state index in [2.05, 4.69) is 12.2 Å². The molecule has 0 bridgehead atoms. The molecule has 7 heteroatoms. The second-order valence-electron chi connectivity index (χ2n) is 7.02. The fourth-order valence-corrected chi connectivity index (χ4v) is 4.14. The molecule has 0 aliphatic rings. The van der Waals surface area contributed by atoms with E-state index >= 15 is 0 Å². The van der Waals surface area contributed by atoms with Crippen molar-refractivity contribution >= 4 is 35.2 Å². The third-order valence-corrected chi connectivity index (χ3v) is 6.02. The number of carbonyl (C=O) groups is 2. The van der Waals surface area contributed by atoms with Crippen molar-refractivity contribution in [1.82, 2.24) is 10.2 Å². The van der Waals surface area contributed by atoms with Gasteiger partial charge in [-0.2, -0.15) is 0 Å². The summed E-state index contributed by atoms with van der Waals surface area (Å²) in [6.45, 7) is 4.72. The fraction of sp³-hybridized carbons (Fsp3) is 0.391. The fourth-order valence-electron chi connectivity index (χ4n) is 2.89. The highest BCUT2D eigenvalue weighted by Gasteiger charge is 2.26. The Kier molecular flexibility index (Phi) is 10.2. The molecule has 0 saturated heterocycles. The van der Waals surface area contributed by atoms with Crippen molar-refractivity contribution in [1.29, 1.82) is 0 Å². The first-order valence-electron chi connectivity index (χ1n) is 10.1. The molecule has 4 nitrogen and oxygen atoms in total. The van der Waals surface area contributed by atoms with Crippen molar-refractivity contribution in [3.63, 3.8) is 0 Å². The summed E-state index contributed by atoms with van der Waals surface area (Å²) >= 11 is 7.35. The molecule has 0 aliphatic heterocycles. The largest absolute Gasteiger partial charge is 0.354 e. The second kappa shape index (κ2) is 12.6. The number of benzene rings is 2. The Morgan fingerprint density at radius 2 is 1.90 bits per heavy atom. The van der Waals surface area contributed by atoms with Gasteiger partial charge in [0.2, 0.25) is 11.8 Å². The lowest BCUT2D eigenvalue weighted by molar-refractivity contribution is -0.138. The van der Waals surface area contributed by atoms with Gasteiger partial charge in [0.1, 0.15) is 11.9 Å². The van der Waals surface area contributed by atoms with Gasteiger partial charge >= 0.3 is 0 Å². The molecule has 1 N–H and O–H groups in total. The van der Waals surface area contributed by atoms with Gasteiger partial charge in [-0.1, -0.05) is 61.3 Å². The number of hydrogen-bond donors (Lipinski definition) is 1. The lowest BCUT2D eigenvalue weighted by Gasteiger charge is -2.28. The quantitative estimate of drug-likeness (QED) is 0.487. The predicted molar refractivity (Wildman–Crippen MR) is 122 cm³/mol. The predicted octanol–water partition coefficient (Wildman–Crippen LogP) is 5.05. The first-order valence-corrected chi connectivity index (χ1v) is 11.6. The van der Waals surface area contributed by atoms with Crippen LogP contribution in [0.2, 0.25) is 5.02 Å². The second-order valence-corrected chi connectivity index (χ2v) is 8.41. The number of halogens is 2. The number of thioether (sulfide) groups is 1. The minimum Gasteiger partial charge on any atom is -0.354 e. The van der Waals surface area contributed by atoms with Crippen molar-refractivity contribution in [2.24, 2.45) is 0 Å². The van der Waals surface area contributed by atoms with E-state index in [1.807, 2.05) is 30.3 Å². The number of unbranched alkanes of at least 4 members (excludes halogenated alkanes) is 1. The molecule has 2 rings (SSSR count). The Morgan fingerprint density at radius 1 is 1.17 bits per heavy atom. The van der Waals surface area contributed by atoms with Crippen LogP contribution in [0, 0.1) is 5.82 Å². The Balaban J connectivity index is 2.04. The zero-order valence-electron chi connectivity index (χ0n) is 17.4. The molecule has 2 amide bonds. The highest BCUT2D eigenvalue weighted by molar-refractivity contribution is 7.99. The molecule has 0 saturated carbocycles. The summed E-state index contributed by atoms with van der Waals surface area (Å²) < 4.78 is 14.0. The van der Waals surface area contributed by atoms with Crippen LogP contribution in [0.3, 0.4) is 0 Å². The smallest absolute Gasteiger partial charge is 0.242 e. The maximum absolute atomic E-state index is 14.0. The van der Waals surface area contributed by atoms with E-state index in [1.165, 1.54) is 17.8 Å². The van der Waals surface area contributed by atoms with Crippen LogP contribution >= 0.6 is 23.4 Å². The molecular formula is C23H28ClFN2O2S. The van der Waals surface area contributed by atoms with Gasteiger partial charge in [0.25, 0.3) is 0 Å². The zero-order valence-corrected chi connectivity index (χ0v) is 18.9. The molecule has 0 aliphatic carbocycles. The van der Waals surface area contributed by atoms with E-state index < -0.39 is 6.04 Å². The molecular weight excluding hydrogens is 423 g/mol. The highest BCUT2D eigenvalue weighted by atomic mass is 35.5. The van der Waals surface area contributed by atoms with Crippen LogP contribution in [0.25, 0.3) is 0 Å². The number of amides is 2. The number of hydrogen-bond acceptors (Lipinski definition) is 3. The summed E-state index contributed by atoms with van der Waals surface area (Å²) in [7, 11) is 0. The van der Waals surface area contributed by atoms with Gasteiger partial charge in [0, 0.05) is 29.4 Å². The molecule has 1 atom stereocenters. The van der Waals surface area contributed by atoms with Crippen molar-refractivity contribution < 1.29 is 14.0 Å². The van der Waals surface area contributed by atoms with Gasteiger partial charge in [-0.05, 0) is 31.0 Å². The average molecular weight is 451 g/mol. The highest BCUT2D eigenvalue weighted by Crippen LogP contribution is 2.24. The first-order chi connectivity index (χ1) is 14.4. The van der Waals surface area contributed by atoms with Crippen LogP contribution in [0.15, 0.2) is 48.5 Å². The molecule has 0 fully saturated rings. The summed E-state index contributed by atoms with van der Waals surface area (Å²) in [4.78, 5) is 27.1. The van der Waals surface area contributed by atoms with Crippen LogP contribution in [-0.4, -0.2) is 35.1 Å². The normalized spacial score (nSPS) is 11.7. The van der Waals surface area contributed by atoms with Crippen molar-refractivity contribution in [2.75, 3.05) is 12.3 Å². The summed E-state index contributed by atoms with van der Waals surface area (Å²) in [6, 6.07) is 13.5. The summed E-state index contributed by atoms with van der Waals surface area (Å²) in [5.74, 6) is -0.311. The van der Waals surface area contributed by atoms with Crippen LogP contribution in [0.1, 0.15) is 37.8 Å². The van der Waals surface area contributed by atoms with Gasteiger partial charge < -0.3 is 10.2 Å². The van der Waals surface area contributed by atoms with Crippen LogP contribution in [0.5, 0.6) is 0 Å².